The van der Waals surface area contributed by atoms with Crippen molar-refractivity contribution in [3.05, 3.63) is 52.2 Å². The molecule has 0 spiro atoms. The van der Waals surface area contributed by atoms with Crippen LogP contribution in [0, 0.1) is 0 Å². The van der Waals surface area contributed by atoms with Crippen LogP contribution >= 0.6 is 11.3 Å². The van der Waals surface area contributed by atoms with Gasteiger partial charge >= 0.3 is 0 Å². The first-order chi connectivity index (χ1) is 13.9. The molecule has 0 atom stereocenters. The van der Waals surface area contributed by atoms with Crippen LogP contribution in [0.15, 0.2) is 46.7 Å². The van der Waals surface area contributed by atoms with E-state index in [1.165, 1.54) is 23.6 Å². The molecular weight excluding hydrogens is 412 g/mol. The normalized spacial score (nSPS) is 15.5. The van der Waals surface area contributed by atoms with Crippen LogP contribution in [0.4, 0.5) is 0 Å². The van der Waals surface area contributed by atoms with Crippen LogP contribution in [0.5, 0.6) is 5.75 Å². The number of hydrogen-bond acceptors (Lipinski definition) is 6. The van der Waals surface area contributed by atoms with Crippen molar-refractivity contribution in [1.29, 1.82) is 0 Å². The fraction of sp³-hybridized carbons (Fsp3) is 0.350. The van der Waals surface area contributed by atoms with Crippen molar-refractivity contribution in [1.82, 2.24) is 9.21 Å². The molecule has 1 aromatic carbocycles. The fourth-order valence-corrected chi connectivity index (χ4v) is 5.29. The Morgan fingerprint density at radius 1 is 1.31 bits per heavy atom. The lowest BCUT2D eigenvalue weighted by molar-refractivity contribution is -0.125. The summed E-state index contributed by atoms with van der Waals surface area (Å²) in [6, 6.07) is 8.78. The van der Waals surface area contributed by atoms with E-state index in [-0.39, 0.29) is 16.6 Å². The van der Waals surface area contributed by atoms with Gasteiger partial charge in [0.15, 0.2) is 0 Å². The van der Waals surface area contributed by atoms with E-state index in [2.05, 4.69) is 0 Å². The van der Waals surface area contributed by atoms with E-state index < -0.39 is 10.0 Å². The van der Waals surface area contributed by atoms with Gasteiger partial charge in [-0.15, -0.1) is 11.3 Å². The third-order valence-electron chi connectivity index (χ3n) is 4.54. The van der Waals surface area contributed by atoms with Crippen molar-refractivity contribution < 1.29 is 22.7 Å². The van der Waals surface area contributed by atoms with Gasteiger partial charge in [-0.3, -0.25) is 4.79 Å². The van der Waals surface area contributed by atoms with Crippen molar-refractivity contribution in [3.8, 4) is 5.75 Å². The maximum absolute atomic E-state index is 13.0. The molecule has 9 heteroatoms. The minimum atomic E-state index is -3.72. The molecule has 0 radical (unpaired) electrons. The molecule has 156 valence electrons. The van der Waals surface area contributed by atoms with E-state index in [1.807, 2.05) is 17.5 Å². The van der Waals surface area contributed by atoms with Crippen molar-refractivity contribution in [2.45, 2.75) is 11.4 Å². The van der Waals surface area contributed by atoms with Gasteiger partial charge in [0.05, 0.1) is 26.9 Å². The number of nitrogens with zero attached hydrogens (tertiary/aromatic N) is 2. The number of thiophene rings is 1. The van der Waals surface area contributed by atoms with Crippen LogP contribution in [0.2, 0.25) is 0 Å². The number of hydrogen-bond donors (Lipinski definition) is 0. The number of morpholine rings is 1. The molecule has 1 aliphatic heterocycles. The Balaban J connectivity index is 1.79. The molecule has 2 heterocycles. The van der Waals surface area contributed by atoms with Crippen LogP contribution in [0.1, 0.15) is 10.4 Å². The average molecular weight is 437 g/mol. The fourth-order valence-electron chi connectivity index (χ4n) is 2.93. The highest BCUT2D eigenvalue weighted by Crippen LogP contribution is 2.29. The third kappa shape index (κ3) is 5.24. The number of methoxy groups -OCH3 is 1. The lowest BCUT2D eigenvalue weighted by Crippen LogP contribution is -2.40. The average Bonchev–Trinajstić information content (AvgIpc) is 3.25. The van der Waals surface area contributed by atoms with Gasteiger partial charge in [-0.05, 0) is 35.2 Å². The zero-order chi connectivity index (χ0) is 20.9. The van der Waals surface area contributed by atoms with Crippen molar-refractivity contribution in [2.75, 3.05) is 40.5 Å². The van der Waals surface area contributed by atoms with E-state index in [0.717, 1.165) is 4.88 Å². The summed E-state index contributed by atoms with van der Waals surface area (Å²) in [5.41, 5.74) is 0.607. The van der Waals surface area contributed by atoms with E-state index in [4.69, 9.17) is 9.47 Å². The number of rotatable bonds is 7. The smallest absolute Gasteiger partial charge is 0.246 e. The van der Waals surface area contributed by atoms with E-state index in [1.54, 1.807) is 41.5 Å². The molecule has 0 bridgehead atoms. The summed E-state index contributed by atoms with van der Waals surface area (Å²) in [6.45, 7) is 1.87. The number of ether oxygens (including phenoxy) is 2. The minimum absolute atomic E-state index is 0.0865. The summed E-state index contributed by atoms with van der Waals surface area (Å²) in [5.74, 6) is 0.113. The SMILES string of the molecule is COc1ccc(/C=C/C(=O)N(C)Cc2cccs2)cc1S(=O)(=O)N1CCOCC1. The zero-order valence-electron chi connectivity index (χ0n) is 16.4. The van der Waals surface area contributed by atoms with Gasteiger partial charge in [0.1, 0.15) is 10.6 Å². The van der Waals surface area contributed by atoms with Gasteiger partial charge in [-0.1, -0.05) is 12.1 Å². The number of carbonyl (C=O) groups is 1. The Hall–Kier alpha value is -2.20. The molecule has 0 aliphatic carbocycles. The van der Waals surface area contributed by atoms with Gasteiger partial charge in [0.2, 0.25) is 15.9 Å². The van der Waals surface area contributed by atoms with Gasteiger partial charge in [-0.25, -0.2) is 8.42 Å². The Morgan fingerprint density at radius 3 is 2.72 bits per heavy atom. The monoisotopic (exact) mass is 436 g/mol. The number of sulfonamides is 1. The molecule has 7 nitrogen and oxygen atoms in total. The van der Waals surface area contributed by atoms with Crippen molar-refractivity contribution in [3.63, 3.8) is 0 Å². The molecule has 0 unspecified atom stereocenters. The second-order valence-corrected chi connectivity index (χ2v) is 9.47. The quantitative estimate of drug-likeness (QED) is 0.623. The molecule has 3 rings (SSSR count). The first-order valence-electron chi connectivity index (χ1n) is 9.13. The zero-order valence-corrected chi connectivity index (χ0v) is 18.0. The van der Waals surface area contributed by atoms with E-state index in [0.29, 0.717) is 38.4 Å². The summed E-state index contributed by atoms with van der Waals surface area (Å²) < 4.78 is 38.0. The van der Waals surface area contributed by atoms with Crippen LogP contribution in [-0.4, -0.2) is 64.0 Å². The van der Waals surface area contributed by atoms with Gasteiger partial charge in [-0.2, -0.15) is 4.31 Å². The highest BCUT2D eigenvalue weighted by Gasteiger charge is 2.29. The van der Waals surface area contributed by atoms with Crippen LogP contribution in [-0.2, 0) is 26.1 Å². The Labute approximate surface area is 175 Å². The molecular formula is C20H24N2O5S2. The second kappa shape index (κ2) is 9.53. The van der Waals surface area contributed by atoms with Gasteiger partial charge in [0, 0.05) is 31.1 Å². The van der Waals surface area contributed by atoms with Crippen LogP contribution < -0.4 is 4.74 Å². The van der Waals surface area contributed by atoms with Crippen molar-refractivity contribution >= 4 is 33.3 Å². The molecule has 1 aliphatic rings. The van der Waals surface area contributed by atoms with Crippen LogP contribution in [0.3, 0.4) is 0 Å². The molecule has 29 heavy (non-hydrogen) atoms. The topological polar surface area (TPSA) is 76.2 Å². The van der Waals surface area contributed by atoms with E-state index in [9.17, 15) is 13.2 Å². The largest absolute Gasteiger partial charge is 0.495 e. The molecule has 1 fully saturated rings. The number of carbonyl (C=O) groups excluding carboxylic acids is 1. The molecule has 1 aromatic heterocycles. The maximum atomic E-state index is 13.0. The third-order valence-corrected chi connectivity index (χ3v) is 7.32. The highest BCUT2D eigenvalue weighted by molar-refractivity contribution is 7.89. The standard InChI is InChI=1S/C20H24N2O5S2/c1-21(15-17-4-3-13-28-17)20(23)8-6-16-5-7-18(26-2)19(14-16)29(24,25)22-9-11-27-12-10-22/h3-8,13-14H,9-12,15H2,1-2H3/b8-6+. The first kappa shape index (κ1) is 21.5. The molecule has 2 aromatic rings. The first-order valence-corrected chi connectivity index (χ1v) is 11.5. The number of amides is 1. The second-order valence-electron chi connectivity index (χ2n) is 6.53. The summed E-state index contributed by atoms with van der Waals surface area (Å²) in [5, 5.41) is 1.97. The summed E-state index contributed by atoms with van der Waals surface area (Å²) in [6.07, 6.45) is 3.06. The van der Waals surface area contributed by atoms with Gasteiger partial charge < -0.3 is 14.4 Å². The summed E-state index contributed by atoms with van der Waals surface area (Å²) in [7, 11) is -0.548. The maximum Gasteiger partial charge on any atom is 0.246 e. The highest BCUT2D eigenvalue weighted by atomic mass is 32.2. The van der Waals surface area contributed by atoms with Crippen molar-refractivity contribution in [2.24, 2.45) is 0 Å². The molecule has 0 N–H and O–H groups in total. The lowest BCUT2D eigenvalue weighted by Gasteiger charge is -2.26. The predicted octanol–water partition coefficient (Wildman–Crippen LogP) is 2.45. The molecule has 0 saturated carbocycles. The predicted molar refractivity (Wildman–Crippen MR) is 112 cm³/mol. The lowest BCUT2D eigenvalue weighted by atomic mass is 10.2. The van der Waals surface area contributed by atoms with E-state index >= 15 is 0 Å². The van der Waals surface area contributed by atoms with Gasteiger partial charge in [0.25, 0.3) is 0 Å². The summed E-state index contributed by atoms with van der Waals surface area (Å²) >= 11 is 1.59. The Morgan fingerprint density at radius 2 is 2.07 bits per heavy atom. The molecule has 1 saturated heterocycles. The Bertz CT molecular complexity index is 965. The minimum Gasteiger partial charge on any atom is -0.495 e. The molecule has 1 amide bonds. The van der Waals surface area contributed by atoms with Crippen LogP contribution in [0.25, 0.3) is 6.08 Å². The number of likely N-dealkylation sites (N-methyl/N-ethyl adjacent to an activating group) is 1. The summed E-state index contributed by atoms with van der Waals surface area (Å²) in [4.78, 5) is 15.2. The Kier molecular flexibility index (Phi) is 7.07. The number of benzene rings is 1.